The zero-order chi connectivity index (χ0) is 22.7. The summed E-state index contributed by atoms with van der Waals surface area (Å²) in [6, 6.07) is 17.4. The Morgan fingerprint density at radius 2 is 1.84 bits per heavy atom. The molecule has 1 fully saturated rings. The molecule has 0 radical (unpaired) electrons. The van der Waals surface area contributed by atoms with Gasteiger partial charge in [0.15, 0.2) is 0 Å². The Hall–Kier alpha value is -3.23. The van der Waals surface area contributed by atoms with Crippen molar-refractivity contribution in [3.8, 4) is 5.75 Å². The van der Waals surface area contributed by atoms with Crippen molar-refractivity contribution in [1.29, 1.82) is 0 Å². The molecular formula is C24H23FN2O4S. The molecule has 0 saturated heterocycles. The van der Waals surface area contributed by atoms with Crippen LogP contribution in [0, 0.1) is 12.7 Å². The van der Waals surface area contributed by atoms with Crippen LogP contribution < -0.4 is 14.8 Å². The van der Waals surface area contributed by atoms with E-state index in [0.29, 0.717) is 22.6 Å². The lowest BCUT2D eigenvalue weighted by Gasteiger charge is -2.12. The van der Waals surface area contributed by atoms with Crippen molar-refractivity contribution in [3.63, 3.8) is 0 Å². The van der Waals surface area contributed by atoms with Crippen LogP contribution in [0.3, 0.4) is 0 Å². The van der Waals surface area contributed by atoms with Crippen LogP contribution >= 0.6 is 0 Å². The first-order chi connectivity index (χ1) is 15.3. The van der Waals surface area contributed by atoms with Gasteiger partial charge in [-0.25, -0.2) is 17.5 Å². The van der Waals surface area contributed by atoms with E-state index in [1.54, 1.807) is 49.4 Å². The third-order valence-electron chi connectivity index (χ3n) is 5.05. The van der Waals surface area contributed by atoms with E-state index in [1.807, 2.05) is 0 Å². The van der Waals surface area contributed by atoms with Crippen molar-refractivity contribution in [2.24, 2.45) is 0 Å². The second-order valence-electron chi connectivity index (χ2n) is 7.77. The highest BCUT2D eigenvalue weighted by Crippen LogP contribution is 2.24. The molecule has 2 N–H and O–H groups in total. The summed E-state index contributed by atoms with van der Waals surface area (Å²) in [4.78, 5) is 12.9. The molecular weight excluding hydrogens is 431 g/mol. The first kappa shape index (κ1) is 22.0. The smallest absolute Gasteiger partial charge is 0.255 e. The lowest BCUT2D eigenvalue weighted by Crippen LogP contribution is -2.26. The molecule has 3 aromatic rings. The van der Waals surface area contributed by atoms with E-state index in [-0.39, 0.29) is 28.9 Å². The van der Waals surface area contributed by atoms with Gasteiger partial charge in [0.1, 0.15) is 18.2 Å². The van der Waals surface area contributed by atoms with Crippen LogP contribution in [0.25, 0.3) is 0 Å². The molecule has 8 heteroatoms. The van der Waals surface area contributed by atoms with Gasteiger partial charge >= 0.3 is 0 Å². The second kappa shape index (κ2) is 9.10. The Kier molecular flexibility index (Phi) is 6.25. The number of benzene rings is 3. The summed E-state index contributed by atoms with van der Waals surface area (Å²) >= 11 is 0. The van der Waals surface area contributed by atoms with E-state index < -0.39 is 15.9 Å². The van der Waals surface area contributed by atoms with Crippen molar-refractivity contribution in [2.75, 3.05) is 5.32 Å². The Labute approximate surface area is 186 Å². The molecule has 1 saturated carbocycles. The molecule has 0 aromatic heterocycles. The number of carbonyl (C=O) groups is 1. The number of nitrogens with one attached hydrogen (secondary N) is 2. The molecule has 0 aliphatic heterocycles. The minimum atomic E-state index is -3.66. The molecule has 0 heterocycles. The van der Waals surface area contributed by atoms with Gasteiger partial charge in [-0.05, 0) is 67.3 Å². The highest BCUT2D eigenvalue weighted by molar-refractivity contribution is 7.89. The van der Waals surface area contributed by atoms with Gasteiger partial charge in [0.25, 0.3) is 5.91 Å². The number of sulfonamides is 1. The Morgan fingerprint density at radius 3 is 2.59 bits per heavy atom. The zero-order valence-corrected chi connectivity index (χ0v) is 18.3. The van der Waals surface area contributed by atoms with E-state index in [0.717, 1.165) is 12.8 Å². The fourth-order valence-electron chi connectivity index (χ4n) is 3.16. The maximum atomic E-state index is 13.3. The minimum Gasteiger partial charge on any atom is -0.489 e. The van der Waals surface area contributed by atoms with Gasteiger partial charge in [0.05, 0.1) is 4.90 Å². The van der Waals surface area contributed by atoms with Crippen molar-refractivity contribution in [3.05, 3.63) is 89.2 Å². The van der Waals surface area contributed by atoms with Crippen molar-refractivity contribution in [1.82, 2.24) is 4.72 Å². The Morgan fingerprint density at radius 1 is 1.06 bits per heavy atom. The summed E-state index contributed by atoms with van der Waals surface area (Å²) in [6.45, 7) is 1.93. The monoisotopic (exact) mass is 454 g/mol. The molecule has 166 valence electrons. The van der Waals surface area contributed by atoms with Crippen LogP contribution in [-0.4, -0.2) is 20.4 Å². The number of amides is 1. The molecule has 0 bridgehead atoms. The summed E-state index contributed by atoms with van der Waals surface area (Å²) in [5.74, 6) is -0.249. The van der Waals surface area contributed by atoms with Gasteiger partial charge in [-0.1, -0.05) is 24.3 Å². The summed E-state index contributed by atoms with van der Waals surface area (Å²) < 4.78 is 46.6. The number of anilines is 1. The van der Waals surface area contributed by atoms with Crippen LogP contribution in [0.2, 0.25) is 0 Å². The van der Waals surface area contributed by atoms with Gasteiger partial charge in [-0.3, -0.25) is 4.79 Å². The van der Waals surface area contributed by atoms with Gasteiger partial charge in [-0.15, -0.1) is 0 Å². The first-order valence-corrected chi connectivity index (χ1v) is 11.7. The lowest BCUT2D eigenvalue weighted by molar-refractivity contribution is 0.102. The molecule has 0 atom stereocenters. The normalized spacial score (nSPS) is 13.6. The number of hydrogen-bond acceptors (Lipinski definition) is 4. The number of aryl methyl sites for hydroxylation is 1. The zero-order valence-electron chi connectivity index (χ0n) is 17.5. The molecule has 0 unspecified atom stereocenters. The topological polar surface area (TPSA) is 84.5 Å². The highest BCUT2D eigenvalue weighted by atomic mass is 32.2. The van der Waals surface area contributed by atoms with Crippen LogP contribution in [-0.2, 0) is 16.6 Å². The van der Waals surface area contributed by atoms with Gasteiger partial charge < -0.3 is 10.1 Å². The molecule has 6 nitrogen and oxygen atoms in total. The molecule has 4 rings (SSSR count). The molecule has 0 spiro atoms. The van der Waals surface area contributed by atoms with E-state index >= 15 is 0 Å². The molecule has 1 aliphatic rings. The number of hydrogen-bond donors (Lipinski definition) is 2. The van der Waals surface area contributed by atoms with Crippen molar-refractivity contribution >= 4 is 21.6 Å². The molecule has 1 amide bonds. The predicted octanol–water partition coefficient (Wildman–Crippen LogP) is 4.41. The minimum absolute atomic E-state index is 0.0197. The van der Waals surface area contributed by atoms with Gasteiger partial charge in [-0.2, -0.15) is 0 Å². The van der Waals surface area contributed by atoms with Crippen LogP contribution in [0.4, 0.5) is 10.1 Å². The fraction of sp³-hybridized carbons (Fsp3) is 0.208. The SMILES string of the molecule is Cc1ccc(S(=O)(=O)NC2CC2)cc1C(=O)Nc1cccc(OCc2cccc(F)c2)c1. The summed E-state index contributed by atoms with van der Waals surface area (Å²) in [5, 5.41) is 2.78. The average molecular weight is 455 g/mol. The van der Waals surface area contributed by atoms with Crippen LogP contribution in [0.5, 0.6) is 5.75 Å². The number of rotatable bonds is 8. The second-order valence-corrected chi connectivity index (χ2v) is 9.49. The van der Waals surface area contributed by atoms with Crippen LogP contribution in [0.1, 0.15) is 34.3 Å². The summed E-state index contributed by atoms with van der Waals surface area (Å²) in [7, 11) is -3.66. The number of halogens is 1. The van der Waals surface area contributed by atoms with E-state index in [9.17, 15) is 17.6 Å². The quantitative estimate of drug-likeness (QED) is 0.528. The van der Waals surface area contributed by atoms with E-state index in [1.165, 1.54) is 24.3 Å². The molecule has 3 aromatic carbocycles. The number of carbonyl (C=O) groups excluding carboxylic acids is 1. The predicted molar refractivity (Wildman–Crippen MR) is 120 cm³/mol. The standard InChI is InChI=1S/C24H23FN2O4S/c1-16-8-11-22(32(29,30)27-19-9-10-19)14-23(16)24(28)26-20-6-3-7-21(13-20)31-15-17-4-2-5-18(25)12-17/h2-8,11-14,19,27H,9-10,15H2,1H3,(H,26,28). The fourth-order valence-corrected chi connectivity index (χ4v) is 4.49. The summed E-state index contributed by atoms with van der Waals surface area (Å²) in [5.41, 5.74) is 2.12. The highest BCUT2D eigenvalue weighted by Gasteiger charge is 2.28. The number of ether oxygens (including phenoxy) is 1. The largest absolute Gasteiger partial charge is 0.489 e. The third kappa shape index (κ3) is 5.52. The van der Waals surface area contributed by atoms with E-state index in [4.69, 9.17) is 4.74 Å². The van der Waals surface area contributed by atoms with Gasteiger partial charge in [0, 0.05) is 23.4 Å². The van der Waals surface area contributed by atoms with Crippen LogP contribution in [0.15, 0.2) is 71.6 Å². The van der Waals surface area contributed by atoms with Gasteiger partial charge in [0.2, 0.25) is 10.0 Å². The third-order valence-corrected chi connectivity index (χ3v) is 6.57. The maximum absolute atomic E-state index is 13.3. The Bertz CT molecular complexity index is 1260. The summed E-state index contributed by atoms with van der Waals surface area (Å²) in [6.07, 6.45) is 1.66. The molecule has 1 aliphatic carbocycles. The first-order valence-electron chi connectivity index (χ1n) is 10.2. The lowest BCUT2D eigenvalue weighted by atomic mass is 10.1. The maximum Gasteiger partial charge on any atom is 0.255 e. The average Bonchev–Trinajstić information content (AvgIpc) is 3.56. The van der Waals surface area contributed by atoms with Crippen molar-refractivity contribution in [2.45, 2.75) is 37.3 Å². The Balaban J connectivity index is 1.46. The molecule has 32 heavy (non-hydrogen) atoms. The van der Waals surface area contributed by atoms with Crippen molar-refractivity contribution < 1.29 is 22.3 Å². The van der Waals surface area contributed by atoms with E-state index in [2.05, 4.69) is 10.0 Å².